The first-order chi connectivity index (χ1) is 16.0. The third-order valence-corrected chi connectivity index (χ3v) is 6.31. The predicted octanol–water partition coefficient (Wildman–Crippen LogP) is 5.67. The minimum absolute atomic E-state index is 0.0881. The first-order valence-corrected chi connectivity index (χ1v) is 11.4. The molecule has 1 fully saturated rings. The predicted molar refractivity (Wildman–Crippen MR) is 136 cm³/mol. The number of benzene rings is 2. The van der Waals surface area contributed by atoms with Crippen molar-refractivity contribution in [2.75, 3.05) is 12.0 Å². The molecule has 0 bridgehead atoms. The number of hydrogen-bond donors (Lipinski definition) is 1. The molecule has 0 radical (unpaired) electrons. The number of nitrogens with one attached hydrogen (secondary N) is 1. The van der Waals surface area contributed by atoms with Crippen LogP contribution in [0.1, 0.15) is 34.6 Å². The maximum absolute atomic E-state index is 5.89. The summed E-state index contributed by atoms with van der Waals surface area (Å²) in [6.07, 6.45) is 3.92. The van der Waals surface area contributed by atoms with E-state index in [2.05, 4.69) is 82.3 Å². The molecular formula is C27H26N4OS. The van der Waals surface area contributed by atoms with E-state index in [4.69, 9.17) is 17.0 Å². The topological polar surface area (TPSA) is 42.3 Å². The second-order valence-electron chi connectivity index (χ2n) is 8.35. The lowest BCUT2D eigenvalue weighted by Gasteiger charge is -2.29. The number of pyridine rings is 1. The molecule has 3 heterocycles. The molecule has 33 heavy (non-hydrogen) atoms. The van der Waals surface area contributed by atoms with Gasteiger partial charge in [0.25, 0.3) is 0 Å². The van der Waals surface area contributed by atoms with Crippen LogP contribution in [0.2, 0.25) is 0 Å². The fourth-order valence-corrected chi connectivity index (χ4v) is 5.00. The quantitative estimate of drug-likeness (QED) is 0.393. The average molecular weight is 455 g/mol. The summed E-state index contributed by atoms with van der Waals surface area (Å²) in [7, 11) is 1.69. The SMILES string of the molecule is COc1cccc(-n2cccc2[C@H]2[C@@H](c3ccccn3)NC(=S)N2c2cc(C)cc(C)c2)c1. The highest BCUT2D eigenvalue weighted by Crippen LogP contribution is 2.42. The Balaban J connectivity index is 1.68. The molecule has 0 aliphatic carbocycles. The summed E-state index contributed by atoms with van der Waals surface area (Å²) < 4.78 is 7.68. The number of aromatic nitrogens is 2. The van der Waals surface area contributed by atoms with E-state index >= 15 is 0 Å². The summed E-state index contributed by atoms with van der Waals surface area (Å²) in [5.41, 5.74) is 6.59. The largest absolute Gasteiger partial charge is 0.497 e. The van der Waals surface area contributed by atoms with Crippen molar-refractivity contribution in [1.29, 1.82) is 0 Å². The number of rotatable bonds is 5. The molecule has 2 aromatic heterocycles. The van der Waals surface area contributed by atoms with Crippen LogP contribution >= 0.6 is 12.2 Å². The summed E-state index contributed by atoms with van der Waals surface area (Å²) in [5, 5.41) is 4.25. The van der Waals surface area contributed by atoms with E-state index in [9.17, 15) is 0 Å². The van der Waals surface area contributed by atoms with Gasteiger partial charge < -0.3 is 19.5 Å². The van der Waals surface area contributed by atoms with Gasteiger partial charge in [-0.3, -0.25) is 4.98 Å². The van der Waals surface area contributed by atoms with Crippen LogP contribution in [-0.2, 0) is 0 Å². The molecule has 6 heteroatoms. The molecule has 2 aromatic carbocycles. The normalized spacial score (nSPS) is 17.8. The number of aryl methyl sites for hydroxylation is 2. The van der Waals surface area contributed by atoms with Crippen molar-refractivity contribution in [2.24, 2.45) is 0 Å². The van der Waals surface area contributed by atoms with Crippen LogP contribution in [0.5, 0.6) is 5.75 Å². The van der Waals surface area contributed by atoms with Gasteiger partial charge in [-0.25, -0.2) is 0 Å². The van der Waals surface area contributed by atoms with Crippen molar-refractivity contribution in [2.45, 2.75) is 25.9 Å². The molecule has 1 aliphatic rings. The highest BCUT2D eigenvalue weighted by atomic mass is 32.1. The zero-order chi connectivity index (χ0) is 22.9. The van der Waals surface area contributed by atoms with E-state index < -0.39 is 0 Å². The minimum Gasteiger partial charge on any atom is -0.497 e. The van der Waals surface area contributed by atoms with Crippen molar-refractivity contribution in [3.05, 3.63) is 108 Å². The number of anilines is 1. The van der Waals surface area contributed by atoms with Crippen molar-refractivity contribution >= 4 is 23.0 Å². The van der Waals surface area contributed by atoms with Gasteiger partial charge in [-0.15, -0.1) is 0 Å². The molecule has 0 saturated carbocycles. The van der Waals surface area contributed by atoms with Gasteiger partial charge in [-0.05, 0) is 85.7 Å². The molecule has 166 valence electrons. The first kappa shape index (κ1) is 21.2. The lowest BCUT2D eigenvalue weighted by Crippen LogP contribution is -2.30. The summed E-state index contributed by atoms with van der Waals surface area (Å²) in [4.78, 5) is 6.89. The highest BCUT2D eigenvalue weighted by molar-refractivity contribution is 7.80. The van der Waals surface area contributed by atoms with Gasteiger partial charge >= 0.3 is 0 Å². The summed E-state index contributed by atoms with van der Waals surface area (Å²) in [6.45, 7) is 4.24. The Morgan fingerprint density at radius 3 is 2.45 bits per heavy atom. The Morgan fingerprint density at radius 1 is 0.909 bits per heavy atom. The first-order valence-electron chi connectivity index (χ1n) is 11.0. The van der Waals surface area contributed by atoms with E-state index in [0.717, 1.165) is 28.5 Å². The summed E-state index contributed by atoms with van der Waals surface area (Å²) >= 11 is 5.89. The number of thiocarbonyl (C=S) groups is 1. The highest BCUT2D eigenvalue weighted by Gasteiger charge is 2.42. The van der Waals surface area contributed by atoms with Gasteiger partial charge in [0, 0.05) is 35.5 Å². The molecule has 0 spiro atoms. The zero-order valence-corrected chi connectivity index (χ0v) is 19.7. The van der Waals surface area contributed by atoms with Gasteiger partial charge in [0.1, 0.15) is 11.8 Å². The smallest absolute Gasteiger partial charge is 0.174 e. The maximum atomic E-state index is 5.89. The van der Waals surface area contributed by atoms with Crippen molar-refractivity contribution < 1.29 is 4.74 Å². The molecular weight excluding hydrogens is 428 g/mol. The van der Waals surface area contributed by atoms with E-state index in [0.29, 0.717) is 5.11 Å². The second-order valence-corrected chi connectivity index (χ2v) is 8.73. The van der Waals surface area contributed by atoms with E-state index in [-0.39, 0.29) is 12.1 Å². The van der Waals surface area contributed by atoms with E-state index in [1.54, 1.807) is 7.11 Å². The van der Waals surface area contributed by atoms with Gasteiger partial charge in [0.05, 0.1) is 18.8 Å². The molecule has 4 aromatic rings. The van der Waals surface area contributed by atoms with Crippen LogP contribution in [0.15, 0.2) is 85.2 Å². The van der Waals surface area contributed by atoms with Gasteiger partial charge in [0.2, 0.25) is 0 Å². The molecule has 2 atom stereocenters. The Hall–Kier alpha value is -3.64. The van der Waals surface area contributed by atoms with Crippen molar-refractivity contribution in [3.8, 4) is 11.4 Å². The van der Waals surface area contributed by atoms with Crippen molar-refractivity contribution in [3.63, 3.8) is 0 Å². The van der Waals surface area contributed by atoms with E-state index in [1.165, 1.54) is 11.1 Å². The molecule has 1 aliphatic heterocycles. The van der Waals surface area contributed by atoms with Crippen LogP contribution in [0.4, 0.5) is 5.69 Å². The molecule has 0 amide bonds. The standard InChI is InChI=1S/C27H26N4OS/c1-18-14-19(2)16-21(15-18)31-26(25(29-27(31)33)23-10-4-5-12-28-23)24-11-7-13-30(24)20-8-6-9-22(17-20)32-3/h4-17,25-26H,1-3H3,(H,29,33)/t25-,26+/m1/s1. The lowest BCUT2D eigenvalue weighted by atomic mass is 10.00. The second kappa shape index (κ2) is 8.71. The maximum Gasteiger partial charge on any atom is 0.174 e. The molecule has 1 N–H and O–H groups in total. The monoisotopic (exact) mass is 454 g/mol. The van der Waals surface area contributed by atoms with Crippen LogP contribution in [0.3, 0.4) is 0 Å². The third kappa shape index (κ3) is 3.98. The van der Waals surface area contributed by atoms with Crippen LogP contribution in [0, 0.1) is 13.8 Å². The lowest BCUT2D eigenvalue weighted by molar-refractivity contribution is 0.414. The molecule has 5 rings (SSSR count). The number of nitrogens with zero attached hydrogens (tertiary/aromatic N) is 3. The Kier molecular flexibility index (Phi) is 5.60. The van der Waals surface area contributed by atoms with Crippen LogP contribution in [0.25, 0.3) is 5.69 Å². The Labute approximate surface area is 199 Å². The van der Waals surface area contributed by atoms with Gasteiger partial charge in [-0.1, -0.05) is 18.2 Å². The summed E-state index contributed by atoms with van der Waals surface area (Å²) in [6, 6.07) is 24.7. The van der Waals surface area contributed by atoms with Gasteiger partial charge in [0.15, 0.2) is 5.11 Å². The van der Waals surface area contributed by atoms with E-state index in [1.807, 2.05) is 36.5 Å². The van der Waals surface area contributed by atoms with Crippen LogP contribution in [-0.4, -0.2) is 21.8 Å². The molecule has 1 saturated heterocycles. The fraction of sp³-hybridized carbons (Fsp3) is 0.185. The fourth-order valence-electron chi connectivity index (χ4n) is 4.65. The molecule has 0 unspecified atom stereocenters. The zero-order valence-electron chi connectivity index (χ0n) is 18.9. The van der Waals surface area contributed by atoms with Crippen LogP contribution < -0.4 is 15.0 Å². The van der Waals surface area contributed by atoms with Crippen molar-refractivity contribution in [1.82, 2.24) is 14.9 Å². The average Bonchev–Trinajstić information content (AvgIpc) is 3.43. The number of methoxy groups -OCH3 is 1. The van der Waals surface area contributed by atoms with Gasteiger partial charge in [-0.2, -0.15) is 0 Å². The number of hydrogen-bond acceptors (Lipinski definition) is 3. The third-order valence-electron chi connectivity index (χ3n) is 6.00. The Morgan fingerprint density at radius 2 is 1.73 bits per heavy atom. The molecule has 5 nitrogen and oxygen atoms in total. The minimum atomic E-state index is -0.0984. The summed E-state index contributed by atoms with van der Waals surface area (Å²) in [5.74, 6) is 0.819. The number of ether oxygens (including phenoxy) is 1. The Bertz CT molecular complexity index is 1280.